The van der Waals surface area contributed by atoms with Crippen LogP contribution in [0.15, 0.2) is 46.9 Å². The van der Waals surface area contributed by atoms with Gasteiger partial charge in [-0.25, -0.2) is 0 Å². The number of hydrogen-bond donors (Lipinski definition) is 2. The molecule has 0 unspecified atom stereocenters. The van der Waals surface area contributed by atoms with Crippen LogP contribution in [0.3, 0.4) is 0 Å². The van der Waals surface area contributed by atoms with Crippen LogP contribution in [0.5, 0.6) is 0 Å². The van der Waals surface area contributed by atoms with Crippen molar-refractivity contribution in [3.05, 3.63) is 59.5 Å². The molecule has 0 radical (unpaired) electrons. The maximum Gasteiger partial charge on any atom is 0.163 e. The first-order valence-electron chi connectivity index (χ1n) is 6.74. The number of nitrogen functional groups attached to an aromatic ring is 1. The summed E-state index contributed by atoms with van der Waals surface area (Å²) < 4.78 is 5.73. The van der Waals surface area contributed by atoms with Crippen LogP contribution >= 0.6 is 0 Å². The van der Waals surface area contributed by atoms with Gasteiger partial charge in [0, 0.05) is 11.6 Å². The molecule has 0 saturated heterocycles. The third-order valence-corrected chi connectivity index (χ3v) is 3.27. The molecule has 0 aliphatic heterocycles. The molecule has 0 amide bonds. The van der Waals surface area contributed by atoms with Gasteiger partial charge in [0.1, 0.15) is 29.2 Å². The first-order valence-corrected chi connectivity index (χ1v) is 6.74. The van der Waals surface area contributed by atoms with Gasteiger partial charge in [-0.05, 0) is 12.1 Å². The number of aromatic nitrogens is 2. The molecule has 0 saturated carbocycles. The number of benzene rings is 1. The Bertz CT molecular complexity index is 951. The second-order valence-electron chi connectivity index (χ2n) is 4.71. The Morgan fingerprint density at radius 2 is 1.96 bits per heavy atom. The van der Waals surface area contributed by atoms with Gasteiger partial charge in [-0.2, -0.15) is 15.6 Å². The van der Waals surface area contributed by atoms with E-state index in [4.69, 9.17) is 15.4 Å². The topological polar surface area (TPSA) is 115 Å². The van der Waals surface area contributed by atoms with E-state index in [1.54, 1.807) is 12.1 Å². The number of furan rings is 1. The number of rotatable bonds is 3. The van der Waals surface area contributed by atoms with Crippen LogP contribution in [-0.4, -0.2) is 10.2 Å². The van der Waals surface area contributed by atoms with Crippen LogP contribution in [0.2, 0.25) is 0 Å². The molecule has 3 aromatic rings. The molecular formula is C17H11N5O. The molecule has 0 bridgehead atoms. The lowest BCUT2D eigenvalue weighted by molar-refractivity contribution is 0.572. The number of hydrogen-bond acceptors (Lipinski definition) is 5. The molecule has 1 aromatic carbocycles. The predicted molar refractivity (Wildman–Crippen MR) is 85.3 cm³/mol. The van der Waals surface area contributed by atoms with Crippen molar-refractivity contribution in [1.82, 2.24) is 10.2 Å². The van der Waals surface area contributed by atoms with Gasteiger partial charge < -0.3 is 10.2 Å². The smallest absolute Gasteiger partial charge is 0.163 e. The highest BCUT2D eigenvalue weighted by molar-refractivity contribution is 5.90. The maximum absolute atomic E-state index is 9.34. The second-order valence-corrected chi connectivity index (χ2v) is 4.71. The quantitative estimate of drug-likeness (QED) is 0.721. The van der Waals surface area contributed by atoms with Gasteiger partial charge >= 0.3 is 0 Å². The Balaban J connectivity index is 1.99. The lowest BCUT2D eigenvalue weighted by Crippen LogP contribution is -1.89. The minimum atomic E-state index is 0.0630. The molecule has 0 atom stereocenters. The molecule has 0 aliphatic carbocycles. The number of nitrogens with one attached hydrogen (secondary N) is 1. The fourth-order valence-electron chi connectivity index (χ4n) is 2.15. The molecule has 3 N–H and O–H groups in total. The summed E-state index contributed by atoms with van der Waals surface area (Å²) >= 11 is 0. The lowest BCUT2D eigenvalue weighted by atomic mass is 10.1. The van der Waals surface area contributed by atoms with E-state index in [1.807, 2.05) is 48.5 Å². The van der Waals surface area contributed by atoms with E-state index < -0.39 is 0 Å². The van der Waals surface area contributed by atoms with Crippen LogP contribution in [-0.2, 0) is 0 Å². The van der Waals surface area contributed by atoms with Gasteiger partial charge in [-0.15, -0.1) is 0 Å². The fourth-order valence-corrected chi connectivity index (χ4v) is 2.15. The average molecular weight is 301 g/mol. The monoisotopic (exact) mass is 301 g/mol. The highest BCUT2D eigenvalue weighted by Gasteiger charge is 2.15. The summed E-state index contributed by atoms with van der Waals surface area (Å²) in [5, 5.41) is 24.8. The van der Waals surface area contributed by atoms with Crippen molar-refractivity contribution in [2.45, 2.75) is 0 Å². The number of allylic oxidation sites excluding steroid dienone is 1. The number of aromatic amines is 1. The number of nitrogens with zero attached hydrogens (tertiary/aromatic N) is 3. The summed E-state index contributed by atoms with van der Waals surface area (Å²) in [4.78, 5) is 0. The standard InChI is InChI=1S/C17H11N5O/c18-9-12(16-14(10-19)17(20)22-21-16)8-13-6-7-15(23-13)11-4-2-1-3-5-11/h1-8H,(H3,20,21,22)/b12-8+. The number of H-pyrrole nitrogens is 1. The van der Waals surface area contributed by atoms with E-state index in [-0.39, 0.29) is 22.6 Å². The zero-order chi connectivity index (χ0) is 16.2. The Morgan fingerprint density at radius 1 is 1.17 bits per heavy atom. The molecular weight excluding hydrogens is 290 g/mol. The number of anilines is 1. The fraction of sp³-hybridized carbons (Fsp3) is 0. The van der Waals surface area contributed by atoms with E-state index in [2.05, 4.69) is 10.2 Å². The zero-order valence-electron chi connectivity index (χ0n) is 11.9. The largest absolute Gasteiger partial charge is 0.457 e. The van der Waals surface area contributed by atoms with E-state index in [1.165, 1.54) is 0 Å². The van der Waals surface area contributed by atoms with E-state index in [0.717, 1.165) is 5.56 Å². The van der Waals surface area contributed by atoms with Crippen LogP contribution in [0, 0.1) is 22.7 Å². The molecule has 3 rings (SSSR count). The molecule has 2 heterocycles. The van der Waals surface area contributed by atoms with Gasteiger partial charge in [0.05, 0.1) is 11.3 Å². The minimum absolute atomic E-state index is 0.0630. The van der Waals surface area contributed by atoms with Crippen LogP contribution < -0.4 is 5.73 Å². The van der Waals surface area contributed by atoms with Crippen LogP contribution in [0.4, 0.5) is 5.82 Å². The molecule has 0 spiro atoms. The van der Waals surface area contributed by atoms with Crippen LogP contribution in [0.25, 0.3) is 23.0 Å². The van der Waals surface area contributed by atoms with E-state index >= 15 is 0 Å². The summed E-state index contributed by atoms with van der Waals surface area (Å²) in [7, 11) is 0. The molecule has 6 heteroatoms. The number of nitriles is 2. The van der Waals surface area contributed by atoms with Crippen molar-refractivity contribution >= 4 is 17.5 Å². The first kappa shape index (κ1) is 14.2. The molecule has 2 aromatic heterocycles. The van der Waals surface area contributed by atoms with Gasteiger partial charge in [-0.1, -0.05) is 30.3 Å². The summed E-state index contributed by atoms with van der Waals surface area (Å²) in [5.41, 5.74) is 7.18. The summed E-state index contributed by atoms with van der Waals surface area (Å²) in [6, 6.07) is 17.2. The Morgan fingerprint density at radius 3 is 2.65 bits per heavy atom. The molecule has 110 valence electrons. The van der Waals surface area contributed by atoms with Crippen molar-refractivity contribution in [2.75, 3.05) is 5.73 Å². The van der Waals surface area contributed by atoms with Crippen molar-refractivity contribution in [3.8, 4) is 23.5 Å². The summed E-state index contributed by atoms with van der Waals surface area (Å²) in [5.74, 6) is 1.25. The van der Waals surface area contributed by atoms with Gasteiger partial charge in [0.15, 0.2) is 5.82 Å². The van der Waals surface area contributed by atoms with Gasteiger partial charge in [-0.3, -0.25) is 5.10 Å². The Labute approximate surface area is 132 Å². The Hall–Kier alpha value is -3.77. The minimum Gasteiger partial charge on any atom is -0.457 e. The molecule has 6 nitrogen and oxygen atoms in total. The third kappa shape index (κ3) is 2.69. The third-order valence-electron chi connectivity index (χ3n) is 3.27. The van der Waals surface area contributed by atoms with Crippen molar-refractivity contribution < 1.29 is 4.42 Å². The van der Waals surface area contributed by atoms with Gasteiger partial charge in [0.25, 0.3) is 0 Å². The molecule has 23 heavy (non-hydrogen) atoms. The second kappa shape index (κ2) is 5.92. The molecule has 0 aliphatic rings. The summed E-state index contributed by atoms with van der Waals surface area (Å²) in [6.07, 6.45) is 1.54. The highest BCUT2D eigenvalue weighted by atomic mass is 16.3. The highest BCUT2D eigenvalue weighted by Crippen LogP contribution is 2.26. The number of nitrogens with two attached hydrogens (primary N) is 1. The van der Waals surface area contributed by atoms with Crippen molar-refractivity contribution in [1.29, 1.82) is 10.5 Å². The predicted octanol–water partition coefficient (Wildman–Crippen LogP) is 3.19. The molecule has 0 fully saturated rings. The van der Waals surface area contributed by atoms with Crippen LogP contribution in [0.1, 0.15) is 17.0 Å². The summed E-state index contributed by atoms with van der Waals surface area (Å²) in [6.45, 7) is 0. The van der Waals surface area contributed by atoms with Gasteiger partial charge in [0.2, 0.25) is 0 Å². The lowest BCUT2D eigenvalue weighted by Gasteiger charge is -1.96. The Kier molecular flexibility index (Phi) is 3.65. The maximum atomic E-state index is 9.34. The van der Waals surface area contributed by atoms with Crippen molar-refractivity contribution in [2.24, 2.45) is 0 Å². The first-order chi connectivity index (χ1) is 11.2. The van der Waals surface area contributed by atoms with E-state index in [9.17, 15) is 5.26 Å². The zero-order valence-corrected chi connectivity index (χ0v) is 11.9. The normalized spacial score (nSPS) is 11.0. The van der Waals surface area contributed by atoms with E-state index in [0.29, 0.717) is 11.5 Å². The van der Waals surface area contributed by atoms with Crippen molar-refractivity contribution in [3.63, 3.8) is 0 Å². The SMILES string of the molecule is N#C/C(=C\c1ccc(-c2ccccc2)o1)c1[nH]nc(N)c1C#N. The average Bonchev–Trinajstić information content (AvgIpc) is 3.20.